The van der Waals surface area contributed by atoms with E-state index in [0.29, 0.717) is 6.54 Å². The molecule has 1 atom stereocenters. The fraction of sp³-hybridized carbons (Fsp3) is 0.318. The molecule has 0 fully saturated rings. The number of nitrogens with two attached hydrogens (primary N) is 1. The topological polar surface area (TPSA) is 116 Å². The Morgan fingerprint density at radius 1 is 1.21 bits per heavy atom. The average molecular weight is 396 g/mol. The van der Waals surface area contributed by atoms with Gasteiger partial charge in [-0.15, -0.1) is 0 Å². The van der Waals surface area contributed by atoms with Crippen LogP contribution in [0.5, 0.6) is 5.75 Å². The minimum absolute atomic E-state index is 0.128. The number of amides is 1. The smallest absolute Gasteiger partial charge is 0.255 e. The average Bonchev–Trinajstić information content (AvgIpc) is 2.64. The fourth-order valence-corrected chi connectivity index (χ4v) is 3.55. The molecular weight excluding hydrogens is 372 g/mol. The van der Waals surface area contributed by atoms with E-state index < -0.39 is 23.0 Å². The van der Waals surface area contributed by atoms with Crippen LogP contribution >= 0.6 is 0 Å². The monoisotopic (exact) mass is 396 g/mol. The molecule has 3 N–H and O–H groups in total. The summed E-state index contributed by atoms with van der Waals surface area (Å²) in [6.07, 6.45) is -0.283. The van der Waals surface area contributed by atoms with E-state index in [4.69, 9.17) is 10.2 Å². The number of primary amides is 1. The maximum absolute atomic E-state index is 13.4. The van der Waals surface area contributed by atoms with Gasteiger partial charge < -0.3 is 19.8 Å². The Balaban J connectivity index is 2.35. The van der Waals surface area contributed by atoms with Crippen molar-refractivity contribution >= 4 is 16.8 Å². The molecule has 2 aromatic heterocycles. The van der Waals surface area contributed by atoms with Crippen molar-refractivity contribution in [3.63, 3.8) is 0 Å². The van der Waals surface area contributed by atoms with Gasteiger partial charge in [0.25, 0.3) is 5.56 Å². The second kappa shape index (κ2) is 7.95. The number of fused-ring (bicyclic) bond motifs is 1. The molecule has 3 aromatic rings. The van der Waals surface area contributed by atoms with Gasteiger partial charge in [0.05, 0.1) is 11.4 Å². The Bertz CT molecular complexity index is 1190. The highest BCUT2D eigenvalue weighted by Gasteiger charge is 2.28. The Kier molecular flexibility index (Phi) is 5.59. The minimum atomic E-state index is -0.976. The Labute approximate surface area is 167 Å². The second-order valence-electron chi connectivity index (χ2n) is 7.63. The molecule has 0 aliphatic rings. The molecule has 0 radical (unpaired) electrons. The largest absolute Gasteiger partial charge is 0.502 e. The van der Waals surface area contributed by atoms with E-state index in [1.165, 1.54) is 0 Å². The maximum atomic E-state index is 13.4. The SMILES string of the molecule is Cc1cc(=O)c(O)c(C(CC(N)=O)c2cc3ccccc3n(CC(C)C)c2=O)o1. The van der Waals surface area contributed by atoms with Gasteiger partial charge in [-0.3, -0.25) is 14.4 Å². The van der Waals surface area contributed by atoms with Crippen LogP contribution in [-0.2, 0) is 11.3 Å². The number of benzene rings is 1. The lowest BCUT2D eigenvalue weighted by Gasteiger charge is -2.20. The van der Waals surface area contributed by atoms with Crippen LogP contribution in [0, 0.1) is 12.8 Å². The van der Waals surface area contributed by atoms with Gasteiger partial charge in [-0.1, -0.05) is 32.0 Å². The Morgan fingerprint density at radius 3 is 2.55 bits per heavy atom. The van der Waals surface area contributed by atoms with Crippen molar-refractivity contribution in [2.75, 3.05) is 0 Å². The predicted octanol–water partition coefficient (Wildman–Crippen LogP) is 2.63. The summed E-state index contributed by atoms with van der Waals surface area (Å²) in [5.74, 6) is -1.94. The van der Waals surface area contributed by atoms with Crippen LogP contribution in [0.3, 0.4) is 0 Å². The Morgan fingerprint density at radius 2 is 1.90 bits per heavy atom. The van der Waals surface area contributed by atoms with Crippen molar-refractivity contribution in [2.45, 2.75) is 39.7 Å². The predicted molar refractivity (Wildman–Crippen MR) is 110 cm³/mol. The summed E-state index contributed by atoms with van der Waals surface area (Å²) in [4.78, 5) is 37.3. The van der Waals surface area contributed by atoms with Crippen LogP contribution in [0.15, 0.2) is 50.4 Å². The van der Waals surface area contributed by atoms with Gasteiger partial charge >= 0.3 is 0 Å². The van der Waals surface area contributed by atoms with Crippen LogP contribution in [0.1, 0.15) is 43.3 Å². The number of aryl methyl sites for hydroxylation is 1. The summed E-state index contributed by atoms with van der Waals surface area (Å²) in [6.45, 7) is 6.03. The summed E-state index contributed by atoms with van der Waals surface area (Å²) >= 11 is 0. The number of carbonyl (C=O) groups excluding carboxylic acids is 1. The second-order valence-corrected chi connectivity index (χ2v) is 7.63. The molecule has 7 heteroatoms. The zero-order chi connectivity index (χ0) is 21.3. The van der Waals surface area contributed by atoms with E-state index in [-0.39, 0.29) is 35.0 Å². The zero-order valence-electron chi connectivity index (χ0n) is 16.6. The van der Waals surface area contributed by atoms with Crippen molar-refractivity contribution in [3.8, 4) is 5.75 Å². The first-order valence-corrected chi connectivity index (χ1v) is 9.43. The normalized spacial score (nSPS) is 12.4. The van der Waals surface area contributed by atoms with E-state index in [2.05, 4.69) is 0 Å². The number of aromatic hydroxyl groups is 1. The van der Waals surface area contributed by atoms with Crippen molar-refractivity contribution in [3.05, 3.63) is 74.1 Å². The first kappa shape index (κ1) is 20.4. The van der Waals surface area contributed by atoms with Crippen LogP contribution in [0.25, 0.3) is 10.9 Å². The summed E-state index contributed by atoms with van der Waals surface area (Å²) in [7, 11) is 0. The molecule has 152 valence electrons. The lowest BCUT2D eigenvalue weighted by atomic mass is 9.91. The molecule has 0 saturated heterocycles. The highest BCUT2D eigenvalue weighted by atomic mass is 16.4. The number of aromatic nitrogens is 1. The molecule has 2 heterocycles. The van der Waals surface area contributed by atoms with Gasteiger partial charge in [-0.25, -0.2) is 0 Å². The minimum Gasteiger partial charge on any atom is -0.502 e. The third kappa shape index (κ3) is 4.08. The van der Waals surface area contributed by atoms with Crippen molar-refractivity contribution in [2.24, 2.45) is 11.7 Å². The van der Waals surface area contributed by atoms with Gasteiger partial charge in [-0.2, -0.15) is 0 Å². The zero-order valence-corrected chi connectivity index (χ0v) is 16.6. The van der Waals surface area contributed by atoms with E-state index >= 15 is 0 Å². The first-order valence-electron chi connectivity index (χ1n) is 9.43. The molecule has 1 amide bonds. The van der Waals surface area contributed by atoms with E-state index in [0.717, 1.165) is 17.0 Å². The number of hydrogen-bond acceptors (Lipinski definition) is 5. The van der Waals surface area contributed by atoms with Crippen molar-refractivity contribution in [1.29, 1.82) is 0 Å². The molecule has 0 bridgehead atoms. The number of hydrogen-bond donors (Lipinski definition) is 2. The maximum Gasteiger partial charge on any atom is 0.255 e. The van der Waals surface area contributed by atoms with Crippen LogP contribution in [0.2, 0.25) is 0 Å². The van der Waals surface area contributed by atoms with Crippen molar-refractivity contribution < 1.29 is 14.3 Å². The molecule has 29 heavy (non-hydrogen) atoms. The standard InChI is InChI=1S/C22H24N2O5/c1-12(2)11-24-17-7-5-4-6-14(17)9-16(22(24)28)15(10-19(23)26)21-20(27)18(25)8-13(3)29-21/h4-9,12,15,27H,10-11H2,1-3H3,(H2,23,26). The van der Waals surface area contributed by atoms with E-state index in [9.17, 15) is 19.5 Å². The molecule has 0 aliphatic carbocycles. The third-order valence-electron chi connectivity index (χ3n) is 4.75. The molecule has 1 unspecified atom stereocenters. The third-order valence-corrected chi connectivity index (χ3v) is 4.75. The highest BCUT2D eigenvalue weighted by molar-refractivity contribution is 5.81. The number of nitrogens with zero attached hydrogens (tertiary/aromatic N) is 1. The molecule has 0 saturated carbocycles. The molecule has 1 aromatic carbocycles. The molecule has 3 rings (SSSR count). The van der Waals surface area contributed by atoms with Crippen LogP contribution in [-0.4, -0.2) is 15.6 Å². The summed E-state index contributed by atoms with van der Waals surface area (Å²) < 4.78 is 7.24. The van der Waals surface area contributed by atoms with E-state index in [1.54, 1.807) is 17.6 Å². The van der Waals surface area contributed by atoms with Gasteiger partial charge in [0.1, 0.15) is 5.76 Å². The summed E-state index contributed by atoms with van der Waals surface area (Å²) in [6, 6.07) is 10.2. The number of rotatable bonds is 6. The quantitative estimate of drug-likeness (QED) is 0.664. The van der Waals surface area contributed by atoms with Crippen molar-refractivity contribution in [1.82, 2.24) is 4.57 Å². The highest BCUT2D eigenvalue weighted by Crippen LogP contribution is 2.32. The van der Waals surface area contributed by atoms with Gasteiger partial charge in [0.2, 0.25) is 17.1 Å². The van der Waals surface area contributed by atoms with Gasteiger partial charge in [-0.05, 0) is 30.4 Å². The van der Waals surface area contributed by atoms with Gasteiger partial charge in [0.15, 0.2) is 5.76 Å². The fourth-order valence-electron chi connectivity index (χ4n) is 3.55. The molecular formula is C22H24N2O5. The number of pyridine rings is 1. The van der Waals surface area contributed by atoms with Gasteiger partial charge in [0, 0.05) is 24.6 Å². The lowest BCUT2D eigenvalue weighted by Crippen LogP contribution is -2.29. The summed E-state index contributed by atoms with van der Waals surface area (Å²) in [5.41, 5.74) is 5.49. The molecule has 0 aliphatic heterocycles. The summed E-state index contributed by atoms with van der Waals surface area (Å²) in [5, 5.41) is 11.1. The van der Waals surface area contributed by atoms with E-state index in [1.807, 2.05) is 38.1 Å². The molecule has 7 nitrogen and oxygen atoms in total. The molecule has 0 spiro atoms. The Hall–Kier alpha value is -3.35. The lowest BCUT2D eigenvalue weighted by molar-refractivity contribution is -0.118. The first-order chi connectivity index (χ1) is 13.7. The van der Waals surface area contributed by atoms with Crippen LogP contribution in [0.4, 0.5) is 0 Å². The number of carbonyl (C=O) groups is 1. The van der Waals surface area contributed by atoms with Crippen LogP contribution < -0.4 is 16.7 Å². The number of para-hydroxylation sites is 1.